The summed E-state index contributed by atoms with van der Waals surface area (Å²) in [6, 6.07) is 6.09. The van der Waals surface area contributed by atoms with Gasteiger partial charge >= 0.3 is 0 Å². The van der Waals surface area contributed by atoms with Crippen molar-refractivity contribution in [2.45, 2.75) is 23.1 Å². The molecule has 21 heavy (non-hydrogen) atoms. The van der Waals surface area contributed by atoms with Gasteiger partial charge in [-0.2, -0.15) is 0 Å². The lowest BCUT2D eigenvalue weighted by Gasteiger charge is -2.35. The molecule has 0 aliphatic carbocycles. The van der Waals surface area contributed by atoms with Gasteiger partial charge in [0.2, 0.25) is 20.6 Å². The third kappa shape index (κ3) is 2.64. The molecule has 2 amide bonds. The SMILES string of the molecule is Cc1ccc(S(=O)(=O)[C@]2(CC(N)=O)NCCNC2=O)cc1. The van der Waals surface area contributed by atoms with Gasteiger partial charge in [-0.05, 0) is 19.1 Å². The molecule has 1 aromatic carbocycles. The van der Waals surface area contributed by atoms with Crippen LogP contribution in [0.3, 0.4) is 0 Å². The van der Waals surface area contributed by atoms with Crippen LogP contribution in [-0.2, 0) is 19.4 Å². The molecule has 114 valence electrons. The van der Waals surface area contributed by atoms with E-state index in [1.165, 1.54) is 12.1 Å². The number of aryl methyl sites for hydroxylation is 1. The van der Waals surface area contributed by atoms with E-state index >= 15 is 0 Å². The second kappa shape index (κ2) is 5.45. The largest absolute Gasteiger partial charge is 0.370 e. The number of rotatable bonds is 4. The summed E-state index contributed by atoms with van der Waals surface area (Å²) >= 11 is 0. The van der Waals surface area contributed by atoms with Gasteiger partial charge in [0.15, 0.2) is 0 Å². The molecule has 0 radical (unpaired) electrons. The molecule has 0 spiro atoms. The molecule has 0 unspecified atom stereocenters. The second-order valence-electron chi connectivity index (χ2n) is 4.97. The quantitative estimate of drug-likeness (QED) is 0.663. The zero-order valence-corrected chi connectivity index (χ0v) is 12.4. The van der Waals surface area contributed by atoms with Crippen LogP contribution >= 0.6 is 0 Å². The van der Waals surface area contributed by atoms with Gasteiger partial charge in [0.1, 0.15) is 0 Å². The monoisotopic (exact) mass is 311 g/mol. The molecule has 1 atom stereocenters. The molecule has 0 saturated carbocycles. The fourth-order valence-corrected chi connectivity index (χ4v) is 4.12. The average Bonchev–Trinajstić information content (AvgIpc) is 2.41. The van der Waals surface area contributed by atoms with Crippen molar-refractivity contribution < 1.29 is 18.0 Å². The topological polar surface area (TPSA) is 118 Å². The van der Waals surface area contributed by atoms with Crippen LogP contribution < -0.4 is 16.4 Å². The number of primary amides is 1. The van der Waals surface area contributed by atoms with Crippen LogP contribution in [0.25, 0.3) is 0 Å². The maximum atomic E-state index is 12.8. The van der Waals surface area contributed by atoms with Crippen LogP contribution in [0.5, 0.6) is 0 Å². The van der Waals surface area contributed by atoms with Crippen LogP contribution in [-0.4, -0.2) is 38.2 Å². The molecule has 0 aromatic heterocycles. The average molecular weight is 311 g/mol. The summed E-state index contributed by atoms with van der Waals surface area (Å²) in [5.74, 6) is -1.62. The van der Waals surface area contributed by atoms with Gasteiger partial charge in [-0.3, -0.25) is 14.9 Å². The van der Waals surface area contributed by atoms with E-state index in [2.05, 4.69) is 10.6 Å². The number of amides is 2. The van der Waals surface area contributed by atoms with Gasteiger partial charge in [0.05, 0.1) is 11.3 Å². The van der Waals surface area contributed by atoms with E-state index in [-0.39, 0.29) is 11.4 Å². The lowest BCUT2D eigenvalue weighted by atomic mass is 10.1. The van der Waals surface area contributed by atoms with E-state index in [0.29, 0.717) is 6.54 Å². The first-order chi connectivity index (χ1) is 9.79. The zero-order valence-electron chi connectivity index (χ0n) is 11.5. The highest BCUT2D eigenvalue weighted by molar-refractivity contribution is 7.93. The van der Waals surface area contributed by atoms with Gasteiger partial charge in [-0.15, -0.1) is 0 Å². The molecule has 1 fully saturated rings. The molecule has 7 nitrogen and oxygen atoms in total. The summed E-state index contributed by atoms with van der Waals surface area (Å²) in [6.07, 6.45) is -0.616. The maximum absolute atomic E-state index is 12.8. The predicted molar refractivity (Wildman–Crippen MR) is 75.9 cm³/mol. The van der Waals surface area contributed by atoms with Crippen molar-refractivity contribution in [2.75, 3.05) is 13.1 Å². The lowest BCUT2D eigenvalue weighted by molar-refractivity contribution is -0.129. The molecule has 1 aliphatic heterocycles. The molecular formula is C13H17N3O4S. The summed E-state index contributed by atoms with van der Waals surface area (Å²) in [4.78, 5) is 21.4. The number of sulfone groups is 1. The van der Waals surface area contributed by atoms with Crippen molar-refractivity contribution in [3.8, 4) is 0 Å². The summed E-state index contributed by atoms with van der Waals surface area (Å²) in [6.45, 7) is 2.36. The van der Waals surface area contributed by atoms with Crippen LogP contribution in [0.4, 0.5) is 0 Å². The number of carbonyl (C=O) groups is 2. The third-order valence-electron chi connectivity index (χ3n) is 3.40. The van der Waals surface area contributed by atoms with Gasteiger partial charge in [-0.25, -0.2) is 8.42 Å². The first-order valence-corrected chi connectivity index (χ1v) is 7.91. The molecule has 0 bridgehead atoms. The van der Waals surface area contributed by atoms with Gasteiger partial charge in [-0.1, -0.05) is 17.7 Å². The van der Waals surface area contributed by atoms with E-state index < -0.39 is 32.9 Å². The number of benzene rings is 1. The minimum Gasteiger partial charge on any atom is -0.370 e. The van der Waals surface area contributed by atoms with Crippen molar-refractivity contribution in [1.29, 1.82) is 0 Å². The van der Waals surface area contributed by atoms with Crippen molar-refractivity contribution in [3.63, 3.8) is 0 Å². The minimum atomic E-state index is -4.11. The Kier molecular flexibility index (Phi) is 4.02. The normalized spacial score (nSPS) is 22.6. The number of piperazine rings is 1. The standard InChI is InChI=1S/C13H17N3O4S/c1-9-2-4-10(5-3-9)21(19,20)13(8-11(14)17)12(18)15-6-7-16-13/h2-5,16H,6-8H2,1H3,(H2,14,17)(H,15,18)/t13-/m0/s1. The molecule has 8 heteroatoms. The van der Waals surface area contributed by atoms with Crippen molar-refractivity contribution >= 4 is 21.7 Å². The summed E-state index contributed by atoms with van der Waals surface area (Å²) in [7, 11) is -4.11. The zero-order chi connectivity index (χ0) is 15.7. The summed E-state index contributed by atoms with van der Waals surface area (Å²) < 4.78 is 25.7. The van der Waals surface area contributed by atoms with Crippen LogP contribution in [0.2, 0.25) is 0 Å². The first kappa shape index (κ1) is 15.5. The minimum absolute atomic E-state index is 0.0288. The fraction of sp³-hybridized carbons (Fsp3) is 0.385. The molecular weight excluding hydrogens is 294 g/mol. The molecule has 4 N–H and O–H groups in total. The van der Waals surface area contributed by atoms with E-state index in [1.54, 1.807) is 12.1 Å². The van der Waals surface area contributed by atoms with Crippen LogP contribution in [0.15, 0.2) is 29.2 Å². The van der Waals surface area contributed by atoms with E-state index in [9.17, 15) is 18.0 Å². The number of carbonyl (C=O) groups excluding carboxylic acids is 2. The van der Waals surface area contributed by atoms with Crippen LogP contribution in [0.1, 0.15) is 12.0 Å². The van der Waals surface area contributed by atoms with Crippen molar-refractivity contribution in [1.82, 2.24) is 10.6 Å². The van der Waals surface area contributed by atoms with Gasteiger partial charge in [0.25, 0.3) is 5.91 Å². The number of nitrogens with one attached hydrogen (secondary N) is 2. The van der Waals surface area contributed by atoms with Crippen molar-refractivity contribution in [3.05, 3.63) is 29.8 Å². The number of hydrogen-bond acceptors (Lipinski definition) is 5. The molecule has 1 aliphatic rings. The number of hydrogen-bond donors (Lipinski definition) is 3. The Balaban J connectivity index is 2.56. The lowest BCUT2D eigenvalue weighted by Crippen LogP contribution is -2.68. The van der Waals surface area contributed by atoms with Crippen LogP contribution in [0, 0.1) is 6.92 Å². The summed E-state index contributed by atoms with van der Waals surface area (Å²) in [5.41, 5.74) is 6.03. The Morgan fingerprint density at radius 2 is 1.90 bits per heavy atom. The van der Waals surface area contributed by atoms with Gasteiger partial charge < -0.3 is 11.1 Å². The predicted octanol–water partition coefficient (Wildman–Crippen LogP) is -0.940. The Morgan fingerprint density at radius 3 is 2.43 bits per heavy atom. The fourth-order valence-electron chi connectivity index (χ4n) is 2.28. The third-order valence-corrected chi connectivity index (χ3v) is 5.69. The maximum Gasteiger partial charge on any atom is 0.257 e. The summed E-state index contributed by atoms with van der Waals surface area (Å²) in [5, 5.41) is 5.14. The number of nitrogens with two attached hydrogens (primary N) is 1. The first-order valence-electron chi connectivity index (χ1n) is 6.42. The highest BCUT2D eigenvalue weighted by Gasteiger charge is 2.53. The smallest absolute Gasteiger partial charge is 0.257 e. The molecule has 2 rings (SSSR count). The second-order valence-corrected chi connectivity index (χ2v) is 7.14. The Bertz CT molecular complexity index is 669. The molecule has 1 heterocycles. The van der Waals surface area contributed by atoms with E-state index in [1.807, 2.05) is 6.92 Å². The van der Waals surface area contributed by atoms with Gasteiger partial charge in [0, 0.05) is 13.1 Å². The van der Waals surface area contributed by atoms with E-state index in [0.717, 1.165) is 5.56 Å². The Morgan fingerprint density at radius 1 is 1.29 bits per heavy atom. The Labute approximate surface area is 122 Å². The Hall–Kier alpha value is -1.93. The van der Waals surface area contributed by atoms with Crippen molar-refractivity contribution in [2.24, 2.45) is 5.73 Å². The highest BCUT2D eigenvalue weighted by Crippen LogP contribution is 2.28. The molecule has 1 saturated heterocycles. The highest BCUT2D eigenvalue weighted by atomic mass is 32.2. The van der Waals surface area contributed by atoms with E-state index in [4.69, 9.17) is 5.73 Å². The molecule has 1 aromatic rings.